The maximum absolute atomic E-state index is 14.8. The molecule has 4 N–H and O–H groups in total. The molecule has 50 heavy (non-hydrogen) atoms. The molecular weight excluding hydrogens is 622 g/mol. The van der Waals surface area contributed by atoms with Crippen molar-refractivity contribution in [1.29, 1.82) is 0 Å². The summed E-state index contributed by atoms with van der Waals surface area (Å²) in [6, 6.07) is 21.1. The lowest BCUT2D eigenvalue weighted by Crippen LogP contribution is -2.20. The zero-order valence-corrected chi connectivity index (χ0v) is 30.0. The van der Waals surface area contributed by atoms with E-state index in [9.17, 15) is 4.39 Å². The van der Waals surface area contributed by atoms with Crippen LogP contribution in [0.5, 0.6) is 0 Å². The van der Waals surface area contributed by atoms with Crippen LogP contribution >= 0.6 is 0 Å². The Morgan fingerprint density at radius 3 is 2.42 bits per heavy atom. The zero-order chi connectivity index (χ0) is 36.2. The Labute approximate surface area is 296 Å². The second-order valence-electron chi connectivity index (χ2n) is 11.6. The van der Waals surface area contributed by atoms with E-state index in [-0.39, 0.29) is 5.82 Å². The molecule has 0 spiro atoms. The Bertz CT molecular complexity index is 2020. The smallest absolute Gasteiger partial charge is 0.138 e. The summed E-state index contributed by atoms with van der Waals surface area (Å²) in [6.07, 6.45) is 9.32. The number of aromatic nitrogens is 3. The fourth-order valence-corrected chi connectivity index (χ4v) is 5.41. The van der Waals surface area contributed by atoms with E-state index < -0.39 is 0 Å². The standard InChI is InChI=1S/C40H42FN7.C2H6/c1-8-28(20-33(9-2)45-27(4)29-13-11-10-12-14-29)30-15-16-37(42-5)35(22-30)26(3)40-46-38-25-43-24-36(39(38)47-40)31-19-32(41)23-34(21-31)44-17-18-48(6)7;1-2/h8-16,19-25,42,44-45H,2-4,17-18H2,1,5-7H3,(H,46,47);1-2H3/b28-8+,33-20+;. The molecule has 7 nitrogen and oxygen atoms in total. The van der Waals surface area contributed by atoms with E-state index in [0.29, 0.717) is 34.7 Å². The van der Waals surface area contributed by atoms with Gasteiger partial charge in [-0.25, -0.2) is 9.37 Å². The van der Waals surface area contributed by atoms with Gasteiger partial charge < -0.3 is 25.8 Å². The zero-order valence-electron chi connectivity index (χ0n) is 30.0. The second kappa shape index (κ2) is 17.6. The quantitative estimate of drug-likeness (QED) is 0.0882. The van der Waals surface area contributed by atoms with Crippen molar-refractivity contribution in [2.45, 2.75) is 20.8 Å². The summed E-state index contributed by atoms with van der Waals surface area (Å²) in [6.45, 7) is 20.2. The van der Waals surface area contributed by atoms with E-state index in [4.69, 9.17) is 4.98 Å². The van der Waals surface area contributed by atoms with E-state index in [1.807, 2.05) is 90.5 Å². The molecule has 0 atom stereocenters. The first-order chi connectivity index (χ1) is 24.2. The fourth-order valence-electron chi connectivity index (χ4n) is 5.41. The molecule has 0 aliphatic carbocycles. The number of anilines is 2. The lowest BCUT2D eigenvalue weighted by molar-refractivity contribution is 0.425. The molecule has 5 rings (SSSR count). The fraction of sp³-hybridized carbons (Fsp3) is 0.190. The van der Waals surface area contributed by atoms with Crippen molar-refractivity contribution in [2.24, 2.45) is 0 Å². The van der Waals surface area contributed by atoms with Gasteiger partial charge in [-0.2, -0.15) is 0 Å². The number of rotatable bonds is 14. The van der Waals surface area contributed by atoms with E-state index in [1.54, 1.807) is 18.5 Å². The number of hydrogen-bond donors (Lipinski definition) is 4. The van der Waals surface area contributed by atoms with E-state index >= 15 is 0 Å². The average molecular weight is 670 g/mol. The number of H-pyrrole nitrogens is 1. The Hall–Kier alpha value is -5.73. The first-order valence-electron chi connectivity index (χ1n) is 16.8. The van der Waals surface area contributed by atoms with Crippen LogP contribution in [-0.4, -0.2) is 54.1 Å². The second-order valence-corrected chi connectivity index (χ2v) is 11.6. The van der Waals surface area contributed by atoms with Gasteiger partial charge in [0.15, 0.2) is 0 Å². The summed E-state index contributed by atoms with van der Waals surface area (Å²) in [5.74, 6) is 0.263. The van der Waals surface area contributed by atoms with Crippen molar-refractivity contribution >= 4 is 39.3 Å². The number of nitrogens with zero attached hydrogens (tertiary/aromatic N) is 3. The Morgan fingerprint density at radius 1 is 0.980 bits per heavy atom. The Kier molecular flexibility index (Phi) is 13.1. The molecule has 258 valence electrons. The summed E-state index contributed by atoms with van der Waals surface area (Å²) in [4.78, 5) is 14.9. The number of fused-ring (bicyclic) bond motifs is 1. The molecule has 0 aliphatic heterocycles. The molecule has 5 aromatic rings. The monoisotopic (exact) mass is 669 g/mol. The molecule has 0 saturated heterocycles. The predicted octanol–water partition coefficient (Wildman–Crippen LogP) is 9.60. The summed E-state index contributed by atoms with van der Waals surface area (Å²) >= 11 is 0. The van der Waals surface area contributed by atoms with Gasteiger partial charge in [-0.05, 0) is 85.8 Å². The molecular formula is C42H48FN7. The van der Waals surface area contributed by atoms with Gasteiger partial charge in [0.2, 0.25) is 0 Å². The first kappa shape index (κ1) is 37.1. The number of aromatic amines is 1. The number of halogens is 1. The Balaban J connectivity index is 0.00000276. The third-order valence-corrected chi connectivity index (χ3v) is 7.98. The molecule has 2 aromatic heterocycles. The van der Waals surface area contributed by atoms with Crippen LogP contribution in [0.15, 0.2) is 123 Å². The lowest BCUT2D eigenvalue weighted by atomic mass is 9.96. The lowest BCUT2D eigenvalue weighted by Gasteiger charge is -2.15. The molecule has 0 radical (unpaired) electrons. The van der Waals surface area contributed by atoms with Crippen molar-refractivity contribution in [3.8, 4) is 11.1 Å². The molecule has 2 heterocycles. The van der Waals surface area contributed by atoms with Crippen molar-refractivity contribution in [2.75, 3.05) is 44.9 Å². The van der Waals surface area contributed by atoms with Crippen LogP contribution in [0, 0.1) is 5.82 Å². The number of likely N-dealkylation sites (N-methyl/N-ethyl adjacent to an activating group) is 1. The van der Waals surface area contributed by atoms with Crippen molar-refractivity contribution in [3.05, 3.63) is 151 Å². The van der Waals surface area contributed by atoms with Crippen LogP contribution in [0.1, 0.15) is 43.3 Å². The van der Waals surface area contributed by atoms with Crippen molar-refractivity contribution in [1.82, 2.24) is 25.2 Å². The number of hydrogen-bond acceptors (Lipinski definition) is 6. The highest BCUT2D eigenvalue weighted by atomic mass is 19.1. The third-order valence-electron chi connectivity index (χ3n) is 7.98. The molecule has 0 bridgehead atoms. The van der Waals surface area contributed by atoms with Gasteiger partial charge in [0.05, 0.1) is 17.2 Å². The number of imidazole rings is 1. The predicted molar refractivity (Wildman–Crippen MR) is 212 cm³/mol. The van der Waals surface area contributed by atoms with Crippen molar-refractivity contribution < 1.29 is 4.39 Å². The Morgan fingerprint density at radius 2 is 1.74 bits per heavy atom. The minimum atomic E-state index is -0.333. The van der Waals surface area contributed by atoms with Gasteiger partial charge in [0, 0.05) is 65.8 Å². The van der Waals surface area contributed by atoms with Crippen LogP contribution in [0.2, 0.25) is 0 Å². The molecule has 3 aromatic carbocycles. The summed E-state index contributed by atoms with van der Waals surface area (Å²) in [5, 5.41) is 9.99. The summed E-state index contributed by atoms with van der Waals surface area (Å²) in [7, 11) is 5.89. The largest absolute Gasteiger partial charge is 0.388 e. The average Bonchev–Trinajstić information content (AvgIpc) is 3.58. The number of allylic oxidation sites excluding steroid dienone is 4. The topological polar surface area (TPSA) is 80.9 Å². The van der Waals surface area contributed by atoms with Gasteiger partial charge in [-0.15, -0.1) is 0 Å². The number of pyridine rings is 1. The highest BCUT2D eigenvalue weighted by molar-refractivity contribution is 5.95. The van der Waals surface area contributed by atoms with Gasteiger partial charge in [-0.3, -0.25) is 4.98 Å². The maximum Gasteiger partial charge on any atom is 0.138 e. The summed E-state index contributed by atoms with van der Waals surface area (Å²) in [5.41, 5.74) is 10.6. The molecule has 0 saturated carbocycles. The number of nitrogens with one attached hydrogen (secondary N) is 4. The molecule has 0 aliphatic rings. The van der Waals surface area contributed by atoms with Crippen molar-refractivity contribution in [3.63, 3.8) is 0 Å². The molecule has 0 unspecified atom stereocenters. The minimum absolute atomic E-state index is 0.333. The SMILES string of the molecule is C=C/C(=C\C(=C/C)c1ccc(NC)c(C(=C)c2nc3c(-c4cc(F)cc(NCCN(C)C)c4)cncc3[nH]2)c1)NC(=C)c1ccccc1.CC. The molecule has 8 heteroatoms. The van der Waals surface area contributed by atoms with Gasteiger partial charge in [0.25, 0.3) is 0 Å². The van der Waals surface area contributed by atoms with E-state index in [2.05, 4.69) is 68.8 Å². The summed E-state index contributed by atoms with van der Waals surface area (Å²) < 4.78 is 14.8. The van der Waals surface area contributed by atoms with Gasteiger partial charge in [0.1, 0.15) is 11.6 Å². The minimum Gasteiger partial charge on any atom is -0.388 e. The normalized spacial score (nSPS) is 11.5. The highest BCUT2D eigenvalue weighted by Gasteiger charge is 2.17. The van der Waals surface area contributed by atoms with Crippen LogP contribution < -0.4 is 16.0 Å². The molecule has 0 amide bonds. The molecule has 0 fully saturated rings. The first-order valence-corrected chi connectivity index (χ1v) is 16.8. The van der Waals surface area contributed by atoms with Gasteiger partial charge in [-0.1, -0.05) is 76.1 Å². The van der Waals surface area contributed by atoms with E-state index in [1.165, 1.54) is 12.1 Å². The maximum atomic E-state index is 14.8. The number of benzene rings is 3. The third kappa shape index (κ3) is 9.03. The van der Waals surface area contributed by atoms with Crippen LogP contribution in [0.3, 0.4) is 0 Å². The van der Waals surface area contributed by atoms with Gasteiger partial charge >= 0.3 is 0 Å². The van der Waals surface area contributed by atoms with Crippen LogP contribution in [0.4, 0.5) is 15.8 Å². The van der Waals surface area contributed by atoms with E-state index in [0.717, 1.165) is 57.0 Å². The van der Waals surface area contributed by atoms with Crippen LogP contribution in [0.25, 0.3) is 39.0 Å². The van der Waals surface area contributed by atoms with Crippen LogP contribution in [-0.2, 0) is 0 Å². The highest BCUT2D eigenvalue weighted by Crippen LogP contribution is 2.34.